The van der Waals surface area contributed by atoms with Gasteiger partial charge in [-0.2, -0.15) is 0 Å². The van der Waals surface area contributed by atoms with E-state index in [1.54, 1.807) is 4.90 Å². The molecule has 3 heteroatoms. The molecular weight excluding hydrogens is 164 g/mol. The third-order valence-corrected chi connectivity index (χ3v) is 3.06. The van der Waals surface area contributed by atoms with Crippen molar-refractivity contribution in [2.24, 2.45) is 5.92 Å². The first kappa shape index (κ1) is 10.5. The highest BCUT2D eigenvalue weighted by molar-refractivity contribution is 5.79. The molecule has 1 atom stereocenters. The summed E-state index contributed by atoms with van der Waals surface area (Å²) in [7, 11) is 5.74. The van der Waals surface area contributed by atoms with Gasteiger partial charge < -0.3 is 9.80 Å². The van der Waals surface area contributed by atoms with Gasteiger partial charge in [0.05, 0.1) is 5.92 Å². The van der Waals surface area contributed by atoms with E-state index < -0.39 is 0 Å². The monoisotopic (exact) mass is 184 g/mol. The normalized spacial score (nSPS) is 27.6. The zero-order chi connectivity index (χ0) is 10.2. The number of carbonyl (C=O) groups excluding carboxylic acids is 1. The summed E-state index contributed by atoms with van der Waals surface area (Å²) in [4.78, 5) is 15.6. The van der Waals surface area contributed by atoms with Crippen LogP contribution in [0, 0.1) is 5.92 Å². The lowest BCUT2D eigenvalue weighted by Crippen LogP contribution is -2.34. The third-order valence-electron chi connectivity index (χ3n) is 3.06. The Kier molecular flexibility index (Phi) is 2.66. The molecule has 0 spiro atoms. The van der Waals surface area contributed by atoms with E-state index in [1.165, 1.54) is 0 Å². The van der Waals surface area contributed by atoms with Crippen molar-refractivity contribution in [3.05, 3.63) is 0 Å². The van der Waals surface area contributed by atoms with E-state index in [-0.39, 0.29) is 17.4 Å². The minimum absolute atomic E-state index is 0.177. The van der Waals surface area contributed by atoms with Crippen LogP contribution in [-0.2, 0) is 4.79 Å². The molecule has 0 aliphatic carbocycles. The van der Waals surface area contributed by atoms with Crippen LogP contribution in [0.2, 0.25) is 0 Å². The van der Waals surface area contributed by atoms with Gasteiger partial charge in [-0.15, -0.1) is 0 Å². The molecule has 1 unspecified atom stereocenters. The Morgan fingerprint density at radius 3 is 2.31 bits per heavy atom. The van der Waals surface area contributed by atoms with Crippen molar-refractivity contribution in [3.8, 4) is 0 Å². The van der Waals surface area contributed by atoms with Gasteiger partial charge in [0.2, 0.25) is 5.91 Å². The second-order valence-electron chi connectivity index (χ2n) is 4.83. The van der Waals surface area contributed by atoms with Crippen molar-refractivity contribution in [1.29, 1.82) is 0 Å². The van der Waals surface area contributed by atoms with Crippen LogP contribution in [-0.4, -0.2) is 48.9 Å². The van der Waals surface area contributed by atoms with Crippen molar-refractivity contribution in [1.82, 2.24) is 9.80 Å². The number of carbonyl (C=O) groups is 1. The van der Waals surface area contributed by atoms with Crippen molar-refractivity contribution >= 4 is 5.91 Å². The number of nitrogens with zero attached hydrogens (tertiary/aromatic N) is 2. The van der Waals surface area contributed by atoms with E-state index in [2.05, 4.69) is 25.8 Å². The fraction of sp³-hybridized carbons (Fsp3) is 0.900. The molecule has 0 radical (unpaired) electrons. The molecule has 76 valence electrons. The van der Waals surface area contributed by atoms with Gasteiger partial charge in [0.25, 0.3) is 0 Å². The van der Waals surface area contributed by atoms with Gasteiger partial charge in [-0.25, -0.2) is 0 Å². The van der Waals surface area contributed by atoms with E-state index in [1.807, 2.05) is 14.1 Å². The molecule has 1 heterocycles. The molecule has 0 N–H and O–H groups in total. The largest absolute Gasteiger partial charge is 0.349 e. The van der Waals surface area contributed by atoms with Crippen LogP contribution in [0.1, 0.15) is 20.3 Å². The third kappa shape index (κ3) is 2.02. The molecular formula is C10H20N2O. The molecule has 1 amide bonds. The van der Waals surface area contributed by atoms with Gasteiger partial charge in [-0.3, -0.25) is 4.79 Å². The molecule has 13 heavy (non-hydrogen) atoms. The summed E-state index contributed by atoms with van der Waals surface area (Å²) in [5.41, 5.74) is 0.177. The van der Waals surface area contributed by atoms with E-state index in [0.717, 1.165) is 13.0 Å². The Hall–Kier alpha value is -0.570. The summed E-state index contributed by atoms with van der Waals surface area (Å²) in [5.74, 6) is 0.451. The van der Waals surface area contributed by atoms with Crippen LogP contribution >= 0.6 is 0 Å². The minimum Gasteiger partial charge on any atom is -0.349 e. The van der Waals surface area contributed by atoms with E-state index in [0.29, 0.717) is 0 Å². The van der Waals surface area contributed by atoms with Crippen molar-refractivity contribution in [3.63, 3.8) is 0 Å². The predicted octanol–water partition coefficient (Wildman–Crippen LogP) is 0.805. The molecule has 3 nitrogen and oxygen atoms in total. The maximum absolute atomic E-state index is 11.7. The Bertz CT molecular complexity index is 211. The molecule has 1 fully saturated rings. The molecule has 1 aliphatic rings. The lowest BCUT2D eigenvalue weighted by atomic mass is 9.96. The van der Waals surface area contributed by atoms with E-state index >= 15 is 0 Å². The zero-order valence-corrected chi connectivity index (χ0v) is 9.29. The van der Waals surface area contributed by atoms with Gasteiger partial charge in [-0.05, 0) is 27.3 Å². The number of rotatable bonds is 1. The summed E-state index contributed by atoms with van der Waals surface area (Å²) in [6, 6.07) is 0. The van der Waals surface area contributed by atoms with Crippen molar-refractivity contribution < 1.29 is 4.79 Å². The summed E-state index contributed by atoms with van der Waals surface area (Å²) in [6.45, 7) is 5.27. The van der Waals surface area contributed by atoms with Gasteiger partial charge in [0, 0.05) is 26.2 Å². The van der Waals surface area contributed by atoms with E-state index in [9.17, 15) is 4.79 Å². The fourth-order valence-corrected chi connectivity index (χ4v) is 1.93. The van der Waals surface area contributed by atoms with E-state index in [4.69, 9.17) is 0 Å². The second-order valence-corrected chi connectivity index (χ2v) is 4.83. The first-order chi connectivity index (χ1) is 5.84. The average molecular weight is 184 g/mol. The molecule has 0 aromatic carbocycles. The topological polar surface area (TPSA) is 23.6 Å². The minimum atomic E-state index is 0.177. The van der Waals surface area contributed by atoms with Gasteiger partial charge in [0.15, 0.2) is 0 Å². The predicted molar refractivity (Wildman–Crippen MR) is 53.5 cm³/mol. The Labute approximate surface area is 80.7 Å². The second kappa shape index (κ2) is 3.29. The Morgan fingerprint density at radius 1 is 1.46 bits per heavy atom. The van der Waals surface area contributed by atoms with Crippen LogP contribution in [0.15, 0.2) is 0 Å². The first-order valence-corrected chi connectivity index (χ1v) is 4.77. The lowest BCUT2D eigenvalue weighted by molar-refractivity contribution is -0.132. The number of amides is 1. The van der Waals surface area contributed by atoms with Crippen LogP contribution in [0.25, 0.3) is 0 Å². The van der Waals surface area contributed by atoms with Gasteiger partial charge in [0.1, 0.15) is 0 Å². The highest BCUT2D eigenvalue weighted by atomic mass is 16.2. The quantitative estimate of drug-likeness (QED) is 0.602. The summed E-state index contributed by atoms with van der Waals surface area (Å²) < 4.78 is 0. The molecule has 1 rings (SSSR count). The molecule has 0 bridgehead atoms. The maximum Gasteiger partial charge on any atom is 0.226 e. The Morgan fingerprint density at radius 2 is 2.00 bits per heavy atom. The molecule has 0 aromatic heterocycles. The van der Waals surface area contributed by atoms with Gasteiger partial charge in [-0.1, -0.05) is 0 Å². The van der Waals surface area contributed by atoms with Crippen LogP contribution in [0.4, 0.5) is 0 Å². The maximum atomic E-state index is 11.7. The number of likely N-dealkylation sites (tertiary alicyclic amines) is 1. The Balaban J connectivity index is 2.64. The number of hydrogen-bond donors (Lipinski definition) is 0. The van der Waals surface area contributed by atoms with Gasteiger partial charge >= 0.3 is 0 Å². The smallest absolute Gasteiger partial charge is 0.226 e. The molecule has 0 saturated carbocycles. The SMILES string of the molecule is CN(C)C(=O)C1CN(C)C(C)(C)C1. The molecule has 0 aromatic rings. The number of hydrogen-bond acceptors (Lipinski definition) is 2. The first-order valence-electron chi connectivity index (χ1n) is 4.77. The zero-order valence-electron chi connectivity index (χ0n) is 9.29. The summed E-state index contributed by atoms with van der Waals surface area (Å²) >= 11 is 0. The van der Waals surface area contributed by atoms with Crippen molar-refractivity contribution in [2.45, 2.75) is 25.8 Å². The molecule has 1 aliphatic heterocycles. The highest BCUT2D eigenvalue weighted by Gasteiger charge is 2.39. The summed E-state index contributed by atoms with van der Waals surface area (Å²) in [6.07, 6.45) is 0.973. The average Bonchev–Trinajstić information content (AvgIpc) is 2.25. The van der Waals surface area contributed by atoms with Crippen LogP contribution < -0.4 is 0 Å². The van der Waals surface area contributed by atoms with Crippen LogP contribution in [0.5, 0.6) is 0 Å². The standard InChI is InChI=1S/C10H20N2O/c1-10(2)6-8(7-12(10)5)9(13)11(3)4/h8H,6-7H2,1-5H3. The molecule has 1 saturated heterocycles. The van der Waals surface area contributed by atoms with Crippen LogP contribution in [0.3, 0.4) is 0 Å². The van der Waals surface area contributed by atoms with Crippen molar-refractivity contribution in [2.75, 3.05) is 27.7 Å². The lowest BCUT2D eigenvalue weighted by Gasteiger charge is -2.26. The fourth-order valence-electron chi connectivity index (χ4n) is 1.93. The highest BCUT2D eigenvalue weighted by Crippen LogP contribution is 2.31. The summed E-state index contributed by atoms with van der Waals surface area (Å²) in [5, 5.41) is 0.